The second-order valence-electron chi connectivity index (χ2n) is 3.30. The summed E-state index contributed by atoms with van der Waals surface area (Å²) >= 11 is 0. The molecular formula is C11H23N. The number of aliphatic imine (C=N–C) groups is 1. The molecule has 0 bridgehead atoms. The lowest BCUT2D eigenvalue weighted by molar-refractivity contribution is 0.630. The van der Waals surface area contributed by atoms with E-state index in [-0.39, 0.29) is 0 Å². The zero-order chi connectivity index (χ0) is 9.23. The van der Waals surface area contributed by atoms with Gasteiger partial charge in [-0.1, -0.05) is 33.6 Å². The van der Waals surface area contributed by atoms with E-state index < -0.39 is 0 Å². The van der Waals surface area contributed by atoms with E-state index in [0.29, 0.717) is 6.04 Å². The van der Waals surface area contributed by atoms with Crippen LogP contribution in [0.4, 0.5) is 0 Å². The lowest BCUT2D eigenvalue weighted by atomic mass is 10.2. The minimum atomic E-state index is 0.576. The molecule has 0 atom stereocenters. The molecule has 0 aliphatic rings. The Labute approximate surface area is 77.3 Å². The molecule has 0 spiro atoms. The van der Waals surface area contributed by atoms with E-state index in [0.717, 1.165) is 0 Å². The van der Waals surface area contributed by atoms with Gasteiger partial charge >= 0.3 is 0 Å². The molecule has 0 heterocycles. The van der Waals surface area contributed by atoms with Gasteiger partial charge in [0.1, 0.15) is 0 Å². The Bertz CT molecular complexity index is 104. The van der Waals surface area contributed by atoms with Crippen molar-refractivity contribution in [3.63, 3.8) is 0 Å². The monoisotopic (exact) mass is 169 g/mol. The van der Waals surface area contributed by atoms with Crippen LogP contribution in [0, 0.1) is 0 Å². The van der Waals surface area contributed by atoms with Crippen LogP contribution in [-0.2, 0) is 0 Å². The number of unbranched alkanes of at least 4 members (excludes halogenated alkanes) is 3. The van der Waals surface area contributed by atoms with E-state index >= 15 is 0 Å². The molecule has 0 saturated carbocycles. The molecule has 0 amide bonds. The Balaban J connectivity index is 3.32. The summed E-state index contributed by atoms with van der Waals surface area (Å²) in [5.41, 5.74) is 0. The third kappa shape index (κ3) is 6.38. The predicted molar refractivity (Wildman–Crippen MR) is 57.0 cm³/mol. The predicted octanol–water partition coefficient (Wildman–Crippen LogP) is 3.83. The van der Waals surface area contributed by atoms with Gasteiger partial charge in [0.05, 0.1) is 0 Å². The van der Waals surface area contributed by atoms with Gasteiger partial charge in [0.25, 0.3) is 0 Å². The molecule has 0 aromatic heterocycles. The van der Waals surface area contributed by atoms with Gasteiger partial charge in [-0.25, -0.2) is 0 Å². The summed E-state index contributed by atoms with van der Waals surface area (Å²) < 4.78 is 0. The second kappa shape index (κ2) is 8.76. The highest BCUT2D eigenvalue weighted by Gasteiger charge is 1.96. The van der Waals surface area contributed by atoms with Gasteiger partial charge in [-0.05, 0) is 31.9 Å². The van der Waals surface area contributed by atoms with Crippen LogP contribution < -0.4 is 0 Å². The van der Waals surface area contributed by atoms with Crippen molar-refractivity contribution in [3.8, 4) is 0 Å². The van der Waals surface area contributed by atoms with Gasteiger partial charge in [-0.15, -0.1) is 0 Å². The lowest BCUT2D eigenvalue weighted by Crippen LogP contribution is -1.99. The summed E-state index contributed by atoms with van der Waals surface area (Å²) in [6, 6.07) is 0.576. The van der Waals surface area contributed by atoms with E-state index in [1.807, 2.05) is 0 Å². The summed E-state index contributed by atoms with van der Waals surface area (Å²) in [6.45, 7) is 6.65. The van der Waals surface area contributed by atoms with Gasteiger partial charge in [0.2, 0.25) is 0 Å². The molecular weight excluding hydrogens is 146 g/mol. The first-order valence-electron chi connectivity index (χ1n) is 5.36. The summed E-state index contributed by atoms with van der Waals surface area (Å²) in [5.74, 6) is 0. The highest BCUT2D eigenvalue weighted by Crippen LogP contribution is 2.02. The van der Waals surface area contributed by atoms with Crippen LogP contribution in [-0.4, -0.2) is 12.3 Å². The minimum absolute atomic E-state index is 0.576. The molecule has 0 saturated heterocycles. The quantitative estimate of drug-likeness (QED) is 0.406. The Hall–Kier alpha value is -0.330. The van der Waals surface area contributed by atoms with Crippen LogP contribution in [0.25, 0.3) is 0 Å². The number of hydrogen-bond donors (Lipinski definition) is 0. The summed E-state index contributed by atoms with van der Waals surface area (Å²) in [7, 11) is 0. The fourth-order valence-electron chi connectivity index (χ4n) is 1.21. The molecule has 0 unspecified atom stereocenters. The molecule has 1 nitrogen and oxygen atoms in total. The van der Waals surface area contributed by atoms with Gasteiger partial charge in [0, 0.05) is 6.04 Å². The van der Waals surface area contributed by atoms with Crippen LogP contribution in [0.2, 0.25) is 0 Å². The van der Waals surface area contributed by atoms with Gasteiger partial charge in [0.15, 0.2) is 0 Å². The van der Waals surface area contributed by atoms with Crippen molar-refractivity contribution in [3.05, 3.63) is 0 Å². The van der Waals surface area contributed by atoms with Crippen LogP contribution in [0.3, 0.4) is 0 Å². The second-order valence-corrected chi connectivity index (χ2v) is 3.30. The minimum Gasteiger partial charge on any atom is -0.294 e. The molecule has 0 aliphatic heterocycles. The lowest BCUT2D eigenvalue weighted by Gasteiger charge is -2.04. The highest BCUT2D eigenvalue weighted by atomic mass is 14.8. The Morgan fingerprint density at radius 1 is 1.08 bits per heavy atom. The maximum absolute atomic E-state index is 4.51. The molecule has 0 aliphatic carbocycles. The molecule has 0 radical (unpaired) electrons. The van der Waals surface area contributed by atoms with Crippen LogP contribution in [0.5, 0.6) is 0 Å². The summed E-state index contributed by atoms with van der Waals surface area (Å²) in [4.78, 5) is 4.51. The fraction of sp³-hybridized carbons (Fsp3) is 0.909. The zero-order valence-corrected chi connectivity index (χ0v) is 8.84. The summed E-state index contributed by atoms with van der Waals surface area (Å²) in [6.07, 6.45) is 9.60. The van der Waals surface area contributed by atoms with Crippen molar-refractivity contribution < 1.29 is 0 Å². The van der Waals surface area contributed by atoms with Crippen LogP contribution in [0.1, 0.15) is 59.3 Å². The molecule has 0 aromatic carbocycles. The van der Waals surface area contributed by atoms with Crippen LogP contribution >= 0.6 is 0 Å². The van der Waals surface area contributed by atoms with Gasteiger partial charge < -0.3 is 0 Å². The van der Waals surface area contributed by atoms with Crippen molar-refractivity contribution in [2.24, 2.45) is 4.99 Å². The average molecular weight is 169 g/mol. The largest absolute Gasteiger partial charge is 0.294 e. The Morgan fingerprint density at radius 2 is 1.75 bits per heavy atom. The fourth-order valence-corrected chi connectivity index (χ4v) is 1.21. The third-order valence-corrected chi connectivity index (χ3v) is 2.20. The topological polar surface area (TPSA) is 12.4 Å². The zero-order valence-electron chi connectivity index (χ0n) is 8.84. The normalized spacial score (nSPS) is 11.7. The number of hydrogen-bond acceptors (Lipinski definition) is 1. The molecule has 12 heavy (non-hydrogen) atoms. The smallest absolute Gasteiger partial charge is 0.0490 e. The van der Waals surface area contributed by atoms with E-state index in [4.69, 9.17) is 0 Å². The maximum atomic E-state index is 4.51. The standard InChI is InChI=1S/C11H23N/c1-4-7-8-9-10-12-11(5-2)6-3/h10-11H,4-9H2,1-3H3. The maximum Gasteiger partial charge on any atom is 0.0490 e. The van der Waals surface area contributed by atoms with Gasteiger partial charge in [-0.2, -0.15) is 0 Å². The van der Waals surface area contributed by atoms with Crippen molar-refractivity contribution in [2.45, 2.75) is 65.3 Å². The molecule has 0 fully saturated rings. The molecule has 1 heteroatoms. The Kier molecular flexibility index (Phi) is 8.52. The van der Waals surface area contributed by atoms with E-state index in [1.165, 1.54) is 38.5 Å². The first-order valence-corrected chi connectivity index (χ1v) is 5.36. The number of nitrogens with zero attached hydrogens (tertiary/aromatic N) is 1. The van der Waals surface area contributed by atoms with Gasteiger partial charge in [-0.3, -0.25) is 4.99 Å². The SMILES string of the molecule is CCCCCC=NC(CC)CC. The molecule has 0 aromatic rings. The molecule has 72 valence electrons. The van der Waals surface area contributed by atoms with Crippen LogP contribution in [0.15, 0.2) is 4.99 Å². The van der Waals surface area contributed by atoms with Crippen molar-refractivity contribution in [1.29, 1.82) is 0 Å². The highest BCUT2D eigenvalue weighted by molar-refractivity contribution is 5.57. The van der Waals surface area contributed by atoms with E-state index in [1.54, 1.807) is 0 Å². The number of rotatable bonds is 7. The first-order chi connectivity index (χ1) is 5.85. The van der Waals surface area contributed by atoms with E-state index in [2.05, 4.69) is 32.0 Å². The van der Waals surface area contributed by atoms with Crippen molar-refractivity contribution in [1.82, 2.24) is 0 Å². The third-order valence-electron chi connectivity index (χ3n) is 2.20. The van der Waals surface area contributed by atoms with Crippen molar-refractivity contribution in [2.75, 3.05) is 0 Å². The van der Waals surface area contributed by atoms with Crippen molar-refractivity contribution >= 4 is 6.21 Å². The average Bonchev–Trinajstić information content (AvgIpc) is 2.11. The first kappa shape index (κ1) is 11.7. The molecule has 0 rings (SSSR count). The Morgan fingerprint density at radius 3 is 2.25 bits per heavy atom. The van der Waals surface area contributed by atoms with E-state index in [9.17, 15) is 0 Å². The molecule has 0 N–H and O–H groups in total. The summed E-state index contributed by atoms with van der Waals surface area (Å²) in [5, 5.41) is 0.